The van der Waals surface area contributed by atoms with Crippen LogP contribution < -0.4 is 0 Å². The van der Waals surface area contributed by atoms with Gasteiger partial charge < -0.3 is 14.9 Å². The van der Waals surface area contributed by atoms with Crippen molar-refractivity contribution in [1.82, 2.24) is 0 Å². The number of carbonyl (C=O) groups excluding carboxylic acids is 1. The highest BCUT2D eigenvalue weighted by molar-refractivity contribution is 5.87. The number of ether oxygens (including phenoxy) is 1. The summed E-state index contributed by atoms with van der Waals surface area (Å²) in [7, 11) is 0. The van der Waals surface area contributed by atoms with Gasteiger partial charge in [-0.15, -0.1) is 0 Å². The van der Waals surface area contributed by atoms with Crippen LogP contribution in [0, 0.1) is 5.92 Å². The minimum atomic E-state index is -0.383. The van der Waals surface area contributed by atoms with E-state index in [0.29, 0.717) is 12.2 Å². The quantitative estimate of drug-likeness (QED) is 0.108. The lowest BCUT2D eigenvalue weighted by Gasteiger charge is -2.11. The molecular formula is C27H44O4. The number of phenolic OH excluding ortho intramolecular Hbond substituents is 2. The van der Waals surface area contributed by atoms with E-state index < -0.39 is 0 Å². The summed E-state index contributed by atoms with van der Waals surface area (Å²) in [5, 5.41) is 18.7. The molecule has 0 bridgehead atoms. The summed E-state index contributed by atoms with van der Waals surface area (Å²) in [6.07, 6.45) is 21.2. The van der Waals surface area contributed by atoms with Gasteiger partial charge in [0.2, 0.25) is 0 Å². The first-order valence-electron chi connectivity index (χ1n) is 12.4. The molecule has 1 atom stereocenters. The van der Waals surface area contributed by atoms with Crippen molar-refractivity contribution >= 4 is 12.0 Å². The van der Waals surface area contributed by atoms with Crippen LogP contribution in [0.4, 0.5) is 0 Å². The van der Waals surface area contributed by atoms with Crippen LogP contribution in [-0.4, -0.2) is 22.8 Å². The van der Waals surface area contributed by atoms with E-state index in [1.54, 1.807) is 12.1 Å². The van der Waals surface area contributed by atoms with Gasteiger partial charge in [-0.25, -0.2) is 4.79 Å². The zero-order valence-electron chi connectivity index (χ0n) is 19.8. The van der Waals surface area contributed by atoms with Crippen LogP contribution >= 0.6 is 0 Å². The Balaban J connectivity index is 1.95. The highest BCUT2D eigenvalue weighted by Gasteiger charge is 2.03. The number of carbonyl (C=O) groups is 1. The average Bonchev–Trinajstić information content (AvgIpc) is 2.75. The molecule has 4 nitrogen and oxygen atoms in total. The number of rotatable bonds is 18. The summed E-state index contributed by atoms with van der Waals surface area (Å²) in [5.74, 6) is 0.0211. The average molecular weight is 433 g/mol. The standard InChI is InChI=1S/C27H44O4/c1-3-4-5-6-7-8-9-10-12-15-23(2)16-13-11-14-21-31-27(30)20-18-24-17-19-25(28)26(29)22-24/h17-20,22-23,28-29H,3-16,21H2,1-2H3/b20-18+. The van der Waals surface area contributed by atoms with E-state index in [4.69, 9.17) is 4.74 Å². The third kappa shape index (κ3) is 14.6. The van der Waals surface area contributed by atoms with Gasteiger partial charge in [-0.05, 0) is 36.1 Å². The van der Waals surface area contributed by atoms with Crippen molar-refractivity contribution < 1.29 is 19.7 Å². The predicted octanol–water partition coefficient (Wildman–Crippen LogP) is 7.77. The summed E-state index contributed by atoms with van der Waals surface area (Å²) in [4.78, 5) is 11.7. The summed E-state index contributed by atoms with van der Waals surface area (Å²) < 4.78 is 5.22. The van der Waals surface area contributed by atoms with E-state index in [1.165, 1.54) is 95.3 Å². The van der Waals surface area contributed by atoms with Crippen molar-refractivity contribution in [3.8, 4) is 11.5 Å². The number of phenols is 2. The Kier molecular flexibility index (Phi) is 15.4. The van der Waals surface area contributed by atoms with Crippen LogP contribution in [0.2, 0.25) is 0 Å². The van der Waals surface area contributed by atoms with Crippen LogP contribution in [0.3, 0.4) is 0 Å². The van der Waals surface area contributed by atoms with Crippen LogP contribution in [0.5, 0.6) is 11.5 Å². The largest absolute Gasteiger partial charge is 0.504 e. The first-order chi connectivity index (χ1) is 15.0. The van der Waals surface area contributed by atoms with Crippen molar-refractivity contribution in [2.45, 2.75) is 104 Å². The summed E-state index contributed by atoms with van der Waals surface area (Å²) >= 11 is 0. The molecule has 4 heteroatoms. The minimum absolute atomic E-state index is 0.179. The fraction of sp³-hybridized carbons (Fsp3) is 0.667. The monoisotopic (exact) mass is 432 g/mol. The van der Waals surface area contributed by atoms with Gasteiger partial charge in [0.15, 0.2) is 11.5 Å². The fourth-order valence-corrected chi connectivity index (χ4v) is 3.75. The Labute approximate surface area is 189 Å². The van der Waals surface area contributed by atoms with E-state index in [0.717, 1.165) is 18.8 Å². The van der Waals surface area contributed by atoms with Crippen molar-refractivity contribution in [3.05, 3.63) is 29.8 Å². The second-order valence-corrected chi connectivity index (χ2v) is 8.82. The Bertz CT molecular complexity index is 624. The molecule has 0 radical (unpaired) electrons. The van der Waals surface area contributed by atoms with Crippen LogP contribution in [0.25, 0.3) is 6.08 Å². The molecule has 31 heavy (non-hydrogen) atoms. The number of hydrogen-bond acceptors (Lipinski definition) is 4. The highest BCUT2D eigenvalue weighted by Crippen LogP contribution is 2.25. The first kappa shape index (κ1) is 27.1. The maximum Gasteiger partial charge on any atom is 0.330 e. The van der Waals surface area contributed by atoms with Gasteiger partial charge in [-0.1, -0.05) is 103 Å². The lowest BCUT2D eigenvalue weighted by molar-refractivity contribution is -0.137. The maximum atomic E-state index is 11.7. The molecule has 1 aromatic rings. The Morgan fingerprint density at radius 1 is 0.871 bits per heavy atom. The number of unbranched alkanes of at least 4 members (excludes halogenated alkanes) is 10. The summed E-state index contributed by atoms with van der Waals surface area (Å²) in [6, 6.07) is 4.40. The summed E-state index contributed by atoms with van der Waals surface area (Å²) in [5.41, 5.74) is 0.633. The second-order valence-electron chi connectivity index (χ2n) is 8.82. The molecule has 0 heterocycles. The maximum absolute atomic E-state index is 11.7. The van der Waals surface area contributed by atoms with E-state index in [9.17, 15) is 15.0 Å². The molecular weight excluding hydrogens is 388 g/mol. The van der Waals surface area contributed by atoms with Gasteiger partial charge in [0.05, 0.1) is 6.61 Å². The van der Waals surface area contributed by atoms with Gasteiger partial charge in [0, 0.05) is 6.08 Å². The fourth-order valence-electron chi connectivity index (χ4n) is 3.75. The smallest absolute Gasteiger partial charge is 0.330 e. The molecule has 176 valence electrons. The van der Waals surface area contributed by atoms with Gasteiger partial charge >= 0.3 is 5.97 Å². The Morgan fingerprint density at radius 2 is 1.45 bits per heavy atom. The predicted molar refractivity (Wildman–Crippen MR) is 129 cm³/mol. The first-order valence-corrected chi connectivity index (χ1v) is 12.4. The van der Waals surface area contributed by atoms with Gasteiger partial charge in [0.1, 0.15) is 0 Å². The SMILES string of the molecule is CCCCCCCCCCCC(C)CCCCCOC(=O)/C=C/c1ccc(O)c(O)c1. The van der Waals surface area contributed by atoms with E-state index >= 15 is 0 Å². The third-order valence-corrected chi connectivity index (χ3v) is 5.80. The molecule has 2 N–H and O–H groups in total. The number of benzene rings is 1. The third-order valence-electron chi connectivity index (χ3n) is 5.80. The zero-order valence-corrected chi connectivity index (χ0v) is 19.8. The second kappa shape index (κ2) is 17.7. The molecule has 0 aliphatic rings. The van der Waals surface area contributed by atoms with E-state index in [2.05, 4.69) is 13.8 Å². The van der Waals surface area contributed by atoms with Crippen molar-refractivity contribution in [2.24, 2.45) is 5.92 Å². The molecule has 0 saturated carbocycles. The van der Waals surface area contributed by atoms with Crippen LogP contribution in [0.15, 0.2) is 24.3 Å². The van der Waals surface area contributed by atoms with Gasteiger partial charge in [-0.3, -0.25) is 0 Å². The normalized spacial score (nSPS) is 12.3. The highest BCUT2D eigenvalue weighted by atomic mass is 16.5. The van der Waals surface area contributed by atoms with Crippen LogP contribution in [-0.2, 0) is 9.53 Å². The molecule has 0 aliphatic heterocycles. The number of esters is 1. The van der Waals surface area contributed by atoms with E-state index in [1.807, 2.05) is 0 Å². The molecule has 1 aromatic carbocycles. The van der Waals surface area contributed by atoms with Crippen molar-refractivity contribution in [3.63, 3.8) is 0 Å². The van der Waals surface area contributed by atoms with Gasteiger partial charge in [0.25, 0.3) is 0 Å². The summed E-state index contributed by atoms with van der Waals surface area (Å²) in [6.45, 7) is 5.07. The Morgan fingerprint density at radius 3 is 2.06 bits per heavy atom. The molecule has 0 aliphatic carbocycles. The van der Waals surface area contributed by atoms with Crippen molar-refractivity contribution in [2.75, 3.05) is 6.61 Å². The molecule has 1 unspecified atom stereocenters. The molecule has 0 amide bonds. The molecule has 0 fully saturated rings. The van der Waals surface area contributed by atoms with Crippen LogP contribution in [0.1, 0.15) is 109 Å². The lowest BCUT2D eigenvalue weighted by Crippen LogP contribution is -2.02. The molecule has 1 rings (SSSR count). The Hall–Kier alpha value is -1.97. The molecule has 0 saturated heterocycles. The molecule has 0 aromatic heterocycles. The van der Waals surface area contributed by atoms with Gasteiger partial charge in [-0.2, -0.15) is 0 Å². The minimum Gasteiger partial charge on any atom is -0.504 e. The topological polar surface area (TPSA) is 66.8 Å². The van der Waals surface area contributed by atoms with E-state index in [-0.39, 0.29) is 17.5 Å². The number of aromatic hydroxyl groups is 2. The lowest BCUT2D eigenvalue weighted by atomic mass is 9.96. The zero-order chi connectivity index (χ0) is 22.7. The van der Waals surface area contributed by atoms with Crippen molar-refractivity contribution in [1.29, 1.82) is 0 Å². The number of hydrogen-bond donors (Lipinski definition) is 2. The molecule has 0 spiro atoms.